The van der Waals surface area contributed by atoms with Gasteiger partial charge in [0.15, 0.2) is 0 Å². The first-order valence-electron chi connectivity index (χ1n) is 8.41. The first-order chi connectivity index (χ1) is 9.82. The normalized spacial score (nSPS) is 20.0. The van der Waals surface area contributed by atoms with Gasteiger partial charge in [-0.2, -0.15) is 0 Å². The van der Waals surface area contributed by atoms with E-state index >= 15 is 0 Å². The van der Waals surface area contributed by atoms with Crippen molar-refractivity contribution in [3.63, 3.8) is 0 Å². The summed E-state index contributed by atoms with van der Waals surface area (Å²) in [6, 6.07) is 0. The molecule has 0 aliphatic heterocycles. The molecule has 0 radical (unpaired) electrons. The lowest BCUT2D eigenvalue weighted by molar-refractivity contribution is 0.332. The fourth-order valence-electron chi connectivity index (χ4n) is 3.62. The molecule has 1 atom stereocenters. The first kappa shape index (κ1) is 20.0. The summed E-state index contributed by atoms with van der Waals surface area (Å²) in [6.07, 6.45) is 10.2. The smallest absolute Gasteiger partial charge is 0.0488 e. The van der Waals surface area contributed by atoms with Gasteiger partial charge in [0.1, 0.15) is 0 Å². The first-order valence-corrected chi connectivity index (χ1v) is 9.64. The van der Waals surface area contributed by atoms with E-state index in [1.54, 1.807) is 5.57 Å². The molecular weight excluding hydrogens is 304 g/mol. The fourth-order valence-corrected chi connectivity index (χ4v) is 6.28. The molecule has 0 heterocycles. The van der Waals surface area contributed by atoms with Crippen molar-refractivity contribution in [3.8, 4) is 0 Å². The van der Waals surface area contributed by atoms with Crippen molar-refractivity contribution in [1.82, 2.24) is 0 Å². The second-order valence-electron chi connectivity index (χ2n) is 9.22. The minimum absolute atomic E-state index is 0.174. The second kappa shape index (κ2) is 7.21. The van der Waals surface area contributed by atoms with Crippen LogP contribution in [0.3, 0.4) is 0 Å². The number of thiocarbonyl (C=S) groups is 1. The maximum Gasteiger partial charge on any atom is 0.0488 e. The van der Waals surface area contributed by atoms with E-state index in [2.05, 4.69) is 73.6 Å². The van der Waals surface area contributed by atoms with Gasteiger partial charge in [-0.15, -0.1) is 11.8 Å². The second-order valence-corrected chi connectivity index (χ2v) is 11.8. The third-order valence-corrected chi connectivity index (χ3v) is 5.61. The zero-order valence-electron chi connectivity index (χ0n) is 15.7. The van der Waals surface area contributed by atoms with Gasteiger partial charge >= 0.3 is 0 Å². The topological polar surface area (TPSA) is 0 Å². The van der Waals surface area contributed by atoms with Crippen molar-refractivity contribution in [2.45, 2.75) is 79.4 Å². The van der Waals surface area contributed by atoms with Gasteiger partial charge in [0, 0.05) is 8.94 Å². The number of rotatable bonds is 5. The molecule has 0 nitrogen and oxygen atoms in total. The summed E-state index contributed by atoms with van der Waals surface area (Å²) in [4.78, 5) is 0. The standard InChI is InChI=1S/C20H34S2/c1-15-11-9-10-12-16(15)19(5,6)14-20(7,8)22-17(21)13-18(2,3)4/h9-10,12,15H,11,13-14H2,1-8H3. The van der Waals surface area contributed by atoms with Crippen LogP contribution in [-0.4, -0.2) is 8.94 Å². The summed E-state index contributed by atoms with van der Waals surface area (Å²) in [7, 11) is 0. The van der Waals surface area contributed by atoms with E-state index in [0.717, 1.165) is 17.0 Å². The molecule has 0 spiro atoms. The van der Waals surface area contributed by atoms with Crippen LogP contribution in [0, 0.1) is 16.7 Å². The quantitative estimate of drug-likeness (QED) is 0.486. The molecule has 1 rings (SSSR count). The third-order valence-electron chi connectivity index (χ3n) is 4.15. The van der Waals surface area contributed by atoms with E-state index in [4.69, 9.17) is 12.2 Å². The van der Waals surface area contributed by atoms with Crippen LogP contribution in [0.25, 0.3) is 0 Å². The van der Waals surface area contributed by atoms with E-state index in [1.807, 2.05) is 11.8 Å². The van der Waals surface area contributed by atoms with E-state index < -0.39 is 0 Å². The molecule has 22 heavy (non-hydrogen) atoms. The van der Waals surface area contributed by atoms with Crippen LogP contribution in [0.15, 0.2) is 23.8 Å². The Kier molecular flexibility index (Phi) is 6.55. The predicted molar refractivity (Wildman–Crippen MR) is 108 cm³/mol. The van der Waals surface area contributed by atoms with Crippen LogP contribution in [0.5, 0.6) is 0 Å². The Labute approximate surface area is 148 Å². The Balaban J connectivity index is 2.76. The molecule has 0 aromatic heterocycles. The molecule has 2 heteroatoms. The summed E-state index contributed by atoms with van der Waals surface area (Å²) in [5.41, 5.74) is 2.09. The Morgan fingerprint density at radius 1 is 1.18 bits per heavy atom. The maximum absolute atomic E-state index is 5.66. The molecule has 126 valence electrons. The summed E-state index contributed by atoms with van der Waals surface area (Å²) in [5, 5.41) is 0. The Morgan fingerprint density at radius 3 is 2.27 bits per heavy atom. The van der Waals surface area contributed by atoms with Gasteiger partial charge < -0.3 is 0 Å². The average molecular weight is 339 g/mol. The molecule has 0 N–H and O–H groups in total. The number of hydrogen-bond acceptors (Lipinski definition) is 2. The zero-order valence-corrected chi connectivity index (χ0v) is 17.4. The van der Waals surface area contributed by atoms with Crippen LogP contribution in [0.1, 0.15) is 74.7 Å². The molecule has 0 aromatic carbocycles. The molecule has 1 aliphatic carbocycles. The zero-order chi connectivity index (χ0) is 17.2. The molecule has 0 fully saturated rings. The highest BCUT2D eigenvalue weighted by Crippen LogP contribution is 2.46. The molecule has 0 aromatic rings. The van der Waals surface area contributed by atoms with Gasteiger partial charge in [0.25, 0.3) is 0 Å². The van der Waals surface area contributed by atoms with Gasteiger partial charge in [-0.05, 0) is 36.0 Å². The molecule has 1 unspecified atom stereocenters. The van der Waals surface area contributed by atoms with Gasteiger partial charge in [0.2, 0.25) is 0 Å². The van der Waals surface area contributed by atoms with Crippen molar-refractivity contribution in [2.75, 3.05) is 0 Å². The van der Waals surface area contributed by atoms with Crippen LogP contribution in [0.2, 0.25) is 0 Å². The van der Waals surface area contributed by atoms with Crippen LogP contribution >= 0.6 is 24.0 Å². The Hall–Kier alpha value is -0.0800. The van der Waals surface area contributed by atoms with Crippen molar-refractivity contribution >= 4 is 28.2 Å². The molecular formula is C20H34S2. The molecule has 1 aliphatic rings. The van der Waals surface area contributed by atoms with Crippen molar-refractivity contribution in [2.24, 2.45) is 16.7 Å². The number of thioether (sulfide) groups is 1. The highest BCUT2D eigenvalue weighted by molar-refractivity contribution is 8.23. The van der Waals surface area contributed by atoms with Gasteiger partial charge in [-0.1, -0.05) is 91.4 Å². The number of allylic oxidation sites excluding steroid dienone is 4. The highest BCUT2D eigenvalue weighted by atomic mass is 32.2. The lowest BCUT2D eigenvalue weighted by Crippen LogP contribution is -2.31. The highest BCUT2D eigenvalue weighted by Gasteiger charge is 2.35. The lowest BCUT2D eigenvalue weighted by Gasteiger charge is -2.39. The van der Waals surface area contributed by atoms with Gasteiger partial charge in [-0.25, -0.2) is 0 Å². The van der Waals surface area contributed by atoms with E-state index in [-0.39, 0.29) is 15.6 Å². The summed E-state index contributed by atoms with van der Waals surface area (Å²) >= 11 is 7.56. The Morgan fingerprint density at radius 2 is 1.77 bits per heavy atom. The lowest BCUT2D eigenvalue weighted by atomic mass is 9.70. The van der Waals surface area contributed by atoms with Crippen LogP contribution in [0.4, 0.5) is 0 Å². The maximum atomic E-state index is 5.66. The number of hydrogen-bond donors (Lipinski definition) is 0. The Bertz CT molecular complexity index is 459. The van der Waals surface area contributed by atoms with Crippen molar-refractivity contribution in [3.05, 3.63) is 23.8 Å². The monoisotopic (exact) mass is 338 g/mol. The van der Waals surface area contributed by atoms with Crippen LogP contribution < -0.4 is 0 Å². The summed E-state index contributed by atoms with van der Waals surface area (Å²) < 4.78 is 1.33. The van der Waals surface area contributed by atoms with E-state index in [1.165, 1.54) is 6.42 Å². The molecule has 0 bridgehead atoms. The minimum Gasteiger partial charge on any atom is -0.113 e. The van der Waals surface area contributed by atoms with Crippen LogP contribution in [-0.2, 0) is 0 Å². The molecule has 0 saturated heterocycles. The SMILES string of the molecule is CC1CC=CC=C1C(C)(C)CC(C)(C)SC(=S)CC(C)(C)C. The summed E-state index contributed by atoms with van der Waals surface area (Å²) in [5.74, 6) is 0.655. The molecule has 0 amide bonds. The average Bonchev–Trinajstić information content (AvgIpc) is 2.23. The van der Waals surface area contributed by atoms with Gasteiger partial charge in [0.05, 0.1) is 0 Å². The largest absolute Gasteiger partial charge is 0.113 e. The third kappa shape index (κ3) is 6.58. The molecule has 0 saturated carbocycles. The van der Waals surface area contributed by atoms with Crippen molar-refractivity contribution < 1.29 is 0 Å². The summed E-state index contributed by atoms with van der Waals surface area (Å²) in [6.45, 7) is 18.6. The predicted octanol–water partition coefficient (Wildman–Crippen LogP) is 7.20. The van der Waals surface area contributed by atoms with E-state index in [0.29, 0.717) is 5.92 Å². The van der Waals surface area contributed by atoms with E-state index in [9.17, 15) is 0 Å². The fraction of sp³-hybridized carbons (Fsp3) is 0.750. The van der Waals surface area contributed by atoms with Crippen molar-refractivity contribution in [1.29, 1.82) is 0 Å². The van der Waals surface area contributed by atoms with Gasteiger partial charge in [-0.3, -0.25) is 0 Å². The minimum atomic E-state index is 0.174.